The Morgan fingerprint density at radius 2 is 1.42 bits per heavy atom. The zero-order valence-corrected chi connectivity index (χ0v) is 24.3. The van der Waals surface area contributed by atoms with E-state index in [1.165, 1.54) is 88.2 Å². The Kier molecular flexibility index (Phi) is 9.09. The lowest BCUT2D eigenvalue weighted by atomic mass is 10.00. The van der Waals surface area contributed by atoms with Crippen LogP contribution in [0.5, 0.6) is 0 Å². The summed E-state index contributed by atoms with van der Waals surface area (Å²) < 4.78 is 13.9. The van der Waals surface area contributed by atoms with Crippen molar-refractivity contribution in [2.75, 3.05) is 6.26 Å². The summed E-state index contributed by atoms with van der Waals surface area (Å²) in [4.78, 5) is 2.07. The fourth-order valence-corrected chi connectivity index (χ4v) is 7.29. The molecular weight excluding hydrogens is 501 g/mol. The second-order valence-electron chi connectivity index (χ2n) is 10.4. The fourth-order valence-electron chi connectivity index (χ4n) is 5.37. The van der Waals surface area contributed by atoms with Crippen molar-refractivity contribution in [3.8, 4) is 21.6 Å². The maximum absolute atomic E-state index is 12.6. The molecule has 1 nitrogen and oxygen atoms in total. The van der Waals surface area contributed by atoms with Gasteiger partial charge in [0.15, 0.2) is 0 Å². The molecule has 0 aliphatic rings. The largest absolute Gasteiger partial charge is 0.255 e. The first-order chi connectivity index (χ1) is 18.6. The number of hydrogen-bond donors (Lipinski definition) is 0. The Balaban J connectivity index is 1.36. The third kappa shape index (κ3) is 6.45. The molecule has 5 aromatic rings. The minimum atomic E-state index is -1.06. The molecule has 3 heteroatoms. The van der Waals surface area contributed by atoms with Gasteiger partial charge in [-0.05, 0) is 76.0 Å². The Labute approximate surface area is 234 Å². The standard InChI is InChI=1S/C35H38OS2/c1-3-4-5-6-7-8-9-11-14-26-17-18-29-24-33-31(22-30(29)21-26)25-34(37-33)32-23-28(19-20-35(32)38(2)36)27-15-12-10-13-16-27/h10,12-13,15-25H,3-9,11,14H2,1-2H3. The van der Waals surface area contributed by atoms with Crippen LogP contribution in [0, 0.1) is 0 Å². The van der Waals surface area contributed by atoms with Gasteiger partial charge in [-0.3, -0.25) is 4.21 Å². The van der Waals surface area contributed by atoms with E-state index in [0.29, 0.717) is 0 Å². The number of fused-ring (bicyclic) bond motifs is 2. The van der Waals surface area contributed by atoms with Crippen molar-refractivity contribution in [1.29, 1.82) is 0 Å². The molecule has 0 amide bonds. The van der Waals surface area contributed by atoms with Gasteiger partial charge in [-0.15, -0.1) is 11.3 Å². The lowest BCUT2D eigenvalue weighted by molar-refractivity contribution is 0.575. The summed E-state index contributed by atoms with van der Waals surface area (Å²) in [5.41, 5.74) is 4.85. The molecule has 1 atom stereocenters. The lowest BCUT2D eigenvalue weighted by Gasteiger charge is -2.09. The molecule has 38 heavy (non-hydrogen) atoms. The Morgan fingerprint density at radius 3 is 2.18 bits per heavy atom. The molecule has 0 saturated heterocycles. The van der Waals surface area contributed by atoms with Crippen LogP contribution in [0.3, 0.4) is 0 Å². The van der Waals surface area contributed by atoms with E-state index < -0.39 is 10.8 Å². The van der Waals surface area contributed by atoms with Crippen LogP contribution in [0.4, 0.5) is 0 Å². The maximum Gasteiger partial charge on any atom is 0.0504 e. The van der Waals surface area contributed by atoms with E-state index in [1.807, 2.05) is 12.1 Å². The maximum atomic E-state index is 12.6. The molecule has 0 bridgehead atoms. The molecule has 0 aliphatic heterocycles. The van der Waals surface area contributed by atoms with Crippen LogP contribution < -0.4 is 0 Å². The normalized spacial score (nSPS) is 12.4. The van der Waals surface area contributed by atoms with Crippen LogP contribution >= 0.6 is 11.3 Å². The van der Waals surface area contributed by atoms with E-state index in [-0.39, 0.29) is 0 Å². The molecule has 1 aromatic heterocycles. The van der Waals surface area contributed by atoms with Crippen molar-refractivity contribution in [3.05, 3.63) is 90.5 Å². The van der Waals surface area contributed by atoms with Crippen molar-refractivity contribution < 1.29 is 4.21 Å². The summed E-state index contributed by atoms with van der Waals surface area (Å²) in [7, 11) is -1.06. The number of rotatable bonds is 12. The molecule has 0 radical (unpaired) electrons. The van der Waals surface area contributed by atoms with Crippen molar-refractivity contribution in [1.82, 2.24) is 0 Å². The van der Waals surface area contributed by atoms with E-state index in [1.54, 1.807) is 17.6 Å². The molecule has 1 heterocycles. The fraction of sp³-hybridized carbons (Fsp3) is 0.314. The molecular formula is C35H38OS2. The molecule has 5 rings (SSSR count). The van der Waals surface area contributed by atoms with Crippen LogP contribution in [-0.4, -0.2) is 10.5 Å². The van der Waals surface area contributed by atoms with Gasteiger partial charge < -0.3 is 0 Å². The molecule has 0 aliphatic carbocycles. The van der Waals surface area contributed by atoms with Crippen LogP contribution in [0.15, 0.2) is 89.8 Å². The zero-order valence-electron chi connectivity index (χ0n) is 22.7. The molecule has 4 aromatic carbocycles. The van der Waals surface area contributed by atoms with E-state index >= 15 is 0 Å². The molecule has 196 valence electrons. The minimum absolute atomic E-state index is 0.897. The van der Waals surface area contributed by atoms with Crippen LogP contribution in [0.1, 0.15) is 63.9 Å². The highest BCUT2D eigenvalue weighted by atomic mass is 32.2. The predicted molar refractivity (Wildman–Crippen MR) is 169 cm³/mol. The van der Waals surface area contributed by atoms with Gasteiger partial charge in [0.1, 0.15) is 0 Å². The predicted octanol–water partition coefficient (Wildman–Crippen LogP) is 10.8. The van der Waals surface area contributed by atoms with Gasteiger partial charge >= 0.3 is 0 Å². The van der Waals surface area contributed by atoms with Crippen LogP contribution in [-0.2, 0) is 17.2 Å². The Bertz CT molecular complexity index is 1530. The summed E-state index contributed by atoms with van der Waals surface area (Å²) in [6.07, 6.45) is 13.8. The van der Waals surface area contributed by atoms with Crippen LogP contribution in [0.2, 0.25) is 0 Å². The van der Waals surface area contributed by atoms with Crippen molar-refractivity contribution >= 4 is 43.0 Å². The third-order valence-electron chi connectivity index (χ3n) is 7.52. The van der Waals surface area contributed by atoms with Gasteiger partial charge in [0.25, 0.3) is 0 Å². The van der Waals surface area contributed by atoms with Gasteiger partial charge in [0, 0.05) is 26.3 Å². The van der Waals surface area contributed by atoms with Gasteiger partial charge in [0.05, 0.1) is 10.8 Å². The summed E-state index contributed by atoms with van der Waals surface area (Å²) in [6.45, 7) is 2.28. The Morgan fingerprint density at radius 1 is 0.658 bits per heavy atom. The summed E-state index contributed by atoms with van der Waals surface area (Å²) in [5.74, 6) is 0. The SMILES string of the molecule is CCCCCCCCCCc1ccc2cc3sc(-c4cc(-c5ccccc5)ccc4S(C)=O)cc3cc2c1. The molecule has 0 N–H and O–H groups in total. The van der Waals surface area contributed by atoms with E-state index in [2.05, 4.69) is 79.7 Å². The first kappa shape index (κ1) is 26.8. The van der Waals surface area contributed by atoms with Crippen molar-refractivity contribution in [2.24, 2.45) is 0 Å². The van der Waals surface area contributed by atoms with Crippen LogP contribution in [0.25, 0.3) is 42.4 Å². The second kappa shape index (κ2) is 12.9. The summed E-state index contributed by atoms with van der Waals surface area (Å²) in [6, 6.07) is 30.7. The van der Waals surface area contributed by atoms with E-state index in [9.17, 15) is 4.21 Å². The number of thiophene rings is 1. The van der Waals surface area contributed by atoms with Gasteiger partial charge in [-0.1, -0.05) is 106 Å². The first-order valence-corrected chi connectivity index (χ1v) is 16.5. The highest BCUT2D eigenvalue weighted by Gasteiger charge is 2.14. The molecule has 1 unspecified atom stereocenters. The quantitative estimate of drug-likeness (QED) is 0.144. The molecule has 0 spiro atoms. The molecule has 0 saturated carbocycles. The topological polar surface area (TPSA) is 17.1 Å². The highest BCUT2D eigenvalue weighted by molar-refractivity contribution is 7.84. The first-order valence-electron chi connectivity index (χ1n) is 14.1. The summed E-state index contributed by atoms with van der Waals surface area (Å²) in [5, 5.41) is 3.87. The van der Waals surface area contributed by atoms with Crippen molar-refractivity contribution in [2.45, 2.75) is 69.6 Å². The van der Waals surface area contributed by atoms with Gasteiger partial charge in [0.2, 0.25) is 0 Å². The van der Waals surface area contributed by atoms with E-state index in [4.69, 9.17) is 0 Å². The highest BCUT2D eigenvalue weighted by Crippen LogP contribution is 2.40. The smallest absolute Gasteiger partial charge is 0.0504 e. The Hall–Kier alpha value is -2.75. The number of aryl methyl sites for hydroxylation is 1. The average Bonchev–Trinajstić information content (AvgIpc) is 3.36. The molecule has 0 fully saturated rings. The zero-order chi connectivity index (χ0) is 26.3. The van der Waals surface area contributed by atoms with Gasteiger partial charge in [-0.2, -0.15) is 0 Å². The minimum Gasteiger partial charge on any atom is -0.255 e. The monoisotopic (exact) mass is 538 g/mol. The third-order valence-corrected chi connectivity index (χ3v) is 9.63. The number of unbranched alkanes of at least 4 members (excludes halogenated alkanes) is 7. The van der Waals surface area contributed by atoms with Crippen molar-refractivity contribution in [3.63, 3.8) is 0 Å². The van der Waals surface area contributed by atoms with Gasteiger partial charge in [-0.25, -0.2) is 0 Å². The number of benzene rings is 4. The lowest BCUT2D eigenvalue weighted by Crippen LogP contribution is -1.92. The second-order valence-corrected chi connectivity index (χ2v) is 12.9. The van der Waals surface area contributed by atoms with E-state index in [0.717, 1.165) is 22.4 Å². The average molecular weight is 539 g/mol. The number of hydrogen-bond acceptors (Lipinski definition) is 2. The summed E-state index contributed by atoms with van der Waals surface area (Å²) >= 11 is 1.80.